The van der Waals surface area contributed by atoms with E-state index in [-0.39, 0.29) is 18.2 Å². The first kappa shape index (κ1) is 28.8. The highest BCUT2D eigenvalue weighted by molar-refractivity contribution is 7.19. The Morgan fingerprint density at radius 3 is 2.27 bits per heavy atom. The van der Waals surface area contributed by atoms with Crippen LogP contribution in [0.3, 0.4) is 0 Å². The zero-order valence-corrected chi connectivity index (χ0v) is 28.3. The Hall–Kier alpha value is -5.95. The van der Waals surface area contributed by atoms with E-state index in [1.54, 1.807) is 0 Å². The van der Waals surface area contributed by atoms with Crippen LogP contribution in [0, 0.1) is 5.92 Å². The third kappa shape index (κ3) is 4.68. The summed E-state index contributed by atoms with van der Waals surface area (Å²) in [7, 11) is 0. The van der Waals surface area contributed by atoms with Gasteiger partial charge in [-0.3, -0.25) is 5.32 Å². The van der Waals surface area contributed by atoms with Gasteiger partial charge in [0, 0.05) is 53.6 Å². The molecule has 0 radical (unpaired) electrons. The predicted octanol–water partition coefficient (Wildman–Crippen LogP) is 11.2. The molecule has 2 aliphatic rings. The van der Waals surface area contributed by atoms with Crippen molar-refractivity contribution in [3.05, 3.63) is 161 Å². The Kier molecular flexibility index (Phi) is 6.38. The maximum absolute atomic E-state index is 6.40. The van der Waals surface area contributed by atoms with Crippen LogP contribution in [0.5, 0.6) is 0 Å². The van der Waals surface area contributed by atoms with Crippen LogP contribution < -0.4 is 10.6 Å². The second kappa shape index (κ2) is 11.3. The molecule has 11 rings (SSSR count). The molecular weight excluding hydrogens is 647 g/mol. The first-order chi connectivity index (χ1) is 25.2. The van der Waals surface area contributed by atoms with E-state index in [1.165, 1.54) is 26.1 Å². The monoisotopic (exact) mass is 677 g/mol. The summed E-state index contributed by atoms with van der Waals surface area (Å²) in [6.07, 6.45) is 5.42. The molecule has 3 unspecified atom stereocenters. The SMILES string of the molecule is C1=CC(C2NC(c3ccccc3)=NC(c3ccc4oc5ccccc5c4c3)N2)Cc2sc3ccc(-c4cccc5c4oc4ccccc45)cc3c21. The van der Waals surface area contributed by atoms with Crippen molar-refractivity contribution in [2.24, 2.45) is 10.9 Å². The van der Waals surface area contributed by atoms with Crippen molar-refractivity contribution in [3.8, 4) is 11.1 Å². The summed E-state index contributed by atoms with van der Waals surface area (Å²) in [6.45, 7) is 0. The Morgan fingerprint density at radius 1 is 0.627 bits per heavy atom. The summed E-state index contributed by atoms with van der Waals surface area (Å²) >= 11 is 1.91. The van der Waals surface area contributed by atoms with Gasteiger partial charge in [-0.2, -0.15) is 0 Å². The van der Waals surface area contributed by atoms with E-state index in [2.05, 4.69) is 126 Å². The largest absolute Gasteiger partial charge is 0.456 e. The summed E-state index contributed by atoms with van der Waals surface area (Å²) in [6, 6.07) is 46.7. The average molecular weight is 678 g/mol. The second-order valence-corrected chi connectivity index (χ2v) is 14.7. The molecule has 0 bridgehead atoms. The van der Waals surface area contributed by atoms with E-state index >= 15 is 0 Å². The molecule has 4 heterocycles. The number of amidine groups is 1. The highest BCUT2D eigenvalue weighted by atomic mass is 32.1. The molecule has 244 valence electrons. The quantitative estimate of drug-likeness (QED) is 0.195. The van der Waals surface area contributed by atoms with Crippen LogP contribution in [-0.2, 0) is 6.42 Å². The summed E-state index contributed by atoms with van der Waals surface area (Å²) in [5.41, 5.74) is 9.48. The first-order valence-corrected chi connectivity index (χ1v) is 18.3. The lowest BCUT2D eigenvalue weighted by molar-refractivity contribution is 0.327. The van der Waals surface area contributed by atoms with Crippen LogP contribution in [0.25, 0.3) is 71.2 Å². The van der Waals surface area contributed by atoms with E-state index in [1.807, 2.05) is 41.7 Å². The van der Waals surface area contributed by atoms with Gasteiger partial charge in [0.25, 0.3) is 0 Å². The maximum atomic E-state index is 6.40. The number of rotatable bonds is 4. The summed E-state index contributed by atoms with van der Waals surface area (Å²) in [5.74, 6) is 1.13. The normalized spacial score (nSPS) is 18.8. The van der Waals surface area contributed by atoms with Gasteiger partial charge in [0.1, 0.15) is 34.3 Å². The number of nitrogens with zero attached hydrogens (tertiary/aromatic N) is 1. The number of para-hydroxylation sites is 3. The van der Waals surface area contributed by atoms with Crippen LogP contribution in [0.4, 0.5) is 0 Å². The van der Waals surface area contributed by atoms with E-state index in [4.69, 9.17) is 13.8 Å². The lowest BCUT2D eigenvalue weighted by atomic mass is 9.90. The number of aliphatic imine (C=N–C) groups is 1. The maximum Gasteiger partial charge on any atom is 0.143 e. The van der Waals surface area contributed by atoms with Gasteiger partial charge in [-0.15, -0.1) is 11.3 Å². The number of hydrogen-bond donors (Lipinski definition) is 2. The fraction of sp³-hybridized carbons (Fsp3) is 0.0889. The fourth-order valence-corrected chi connectivity index (χ4v) is 9.25. The minimum atomic E-state index is -0.217. The van der Waals surface area contributed by atoms with Crippen LogP contribution in [0.2, 0.25) is 0 Å². The Labute approximate surface area is 297 Å². The molecule has 6 aromatic carbocycles. The number of fused-ring (bicyclic) bond motifs is 9. The molecular formula is C45H31N3O2S. The van der Waals surface area contributed by atoms with E-state index in [9.17, 15) is 0 Å². The number of hydrogen-bond acceptors (Lipinski definition) is 6. The van der Waals surface area contributed by atoms with Gasteiger partial charge >= 0.3 is 0 Å². The molecule has 0 saturated carbocycles. The van der Waals surface area contributed by atoms with Crippen molar-refractivity contribution in [2.75, 3.05) is 0 Å². The Balaban J connectivity index is 0.944. The van der Waals surface area contributed by atoms with Crippen molar-refractivity contribution < 1.29 is 8.83 Å². The molecule has 3 aromatic heterocycles. The van der Waals surface area contributed by atoms with Gasteiger partial charge in [-0.1, -0.05) is 109 Å². The van der Waals surface area contributed by atoms with Crippen LogP contribution in [0.1, 0.15) is 27.7 Å². The van der Waals surface area contributed by atoms with Crippen molar-refractivity contribution in [2.45, 2.75) is 18.8 Å². The zero-order chi connectivity index (χ0) is 33.5. The zero-order valence-electron chi connectivity index (χ0n) is 27.5. The molecule has 9 aromatic rings. The molecule has 0 saturated heterocycles. The molecule has 0 amide bonds. The van der Waals surface area contributed by atoms with Crippen molar-refractivity contribution >= 4 is 77.2 Å². The molecule has 0 spiro atoms. The third-order valence-electron chi connectivity index (χ3n) is 10.5. The predicted molar refractivity (Wildman–Crippen MR) is 210 cm³/mol. The van der Waals surface area contributed by atoms with Crippen LogP contribution in [-0.4, -0.2) is 12.0 Å². The van der Waals surface area contributed by atoms with Crippen molar-refractivity contribution in [1.29, 1.82) is 0 Å². The summed E-state index contributed by atoms with van der Waals surface area (Å²) < 4.78 is 13.9. The van der Waals surface area contributed by atoms with Gasteiger partial charge in [0.2, 0.25) is 0 Å². The van der Waals surface area contributed by atoms with Gasteiger partial charge in [0.15, 0.2) is 0 Å². The lowest BCUT2D eigenvalue weighted by Gasteiger charge is -2.36. The minimum absolute atomic E-state index is 0.0182. The van der Waals surface area contributed by atoms with Crippen molar-refractivity contribution in [3.63, 3.8) is 0 Å². The molecule has 5 nitrogen and oxygen atoms in total. The molecule has 1 aliphatic heterocycles. The Morgan fingerprint density at radius 2 is 1.39 bits per heavy atom. The number of furan rings is 2. The highest BCUT2D eigenvalue weighted by Crippen LogP contribution is 2.42. The third-order valence-corrected chi connectivity index (χ3v) is 11.7. The van der Waals surface area contributed by atoms with E-state index < -0.39 is 0 Å². The Bertz CT molecular complexity index is 2880. The van der Waals surface area contributed by atoms with Crippen LogP contribution in [0.15, 0.2) is 153 Å². The van der Waals surface area contributed by atoms with Crippen molar-refractivity contribution in [1.82, 2.24) is 10.6 Å². The second-order valence-electron chi connectivity index (χ2n) is 13.5. The fourth-order valence-electron chi connectivity index (χ4n) is 8.01. The molecule has 1 aliphatic carbocycles. The highest BCUT2D eigenvalue weighted by Gasteiger charge is 2.32. The molecule has 6 heteroatoms. The summed E-state index contributed by atoms with van der Waals surface area (Å²) in [4.78, 5) is 6.64. The minimum Gasteiger partial charge on any atom is -0.456 e. The van der Waals surface area contributed by atoms with E-state index in [0.717, 1.165) is 72.8 Å². The lowest BCUT2D eigenvalue weighted by Crippen LogP contribution is -2.55. The standard InChI is InChI=1S/C45H31N3O2S/c1-2-9-26(10-3-1)43-46-44(28-18-21-39-35(24-28)32-12-5-6-15-37(32)49-39)48-45(47-43)29-17-20-33-36-23-27(19-22-40(36)51-41(33)25-29)30-13-8-14-34-31-11-4-7-16-38(31)50-42(30)34/h1-24,29,44-45,48H,25H2,(H,46,47). The average Bonchev–Trinajstić information content (AvgIpc) is 3.88. The van der Waals surface area contributed by atoms with Gasteiger partial charge < -0.3 is 14.2 Å². The van der Waals surface area contributed by atoms with E-state index in [0.29, 0.717) is 0 Å². The summed E-state index contributed by atoms with van der Waals surface area (Å²) in [5, 5.41) is 13.5. The molecule has 51 heavy (non-hydrogen) atoms. The number of benzene rings is 6. The molecule has 3 atom stereocenters. The van der Waals surface area contributed by atoms with Crippen LogP contribution >= 0.6 is 11.3 Å². The first-order valence-electron chi connectivity index (χ1n) is 17.4. The van der Waals surface area contributed by atoms with Gasteiger partial charge in [-0.25, -0.2) is 4.99 Å². The molecule has 2 N–H and O–H groups in total. The molecule has 0 fully saturated rings. The smallest absolute Gasteiger partial charge is 0.143 e. The van der Waals surface area contributed by atoms with Gasteiger partial charge in [0.05, 0.1) is 6.17 Å². The number of thiophene rings is 1. The topological polar surface area (TPSA) is 62.7 Å². The van der Waals surface area contributed by atoms with Gasteiger partial charge in [-0.05, 0) is 59.5 Å². The number of nitrogens with one attached hydrogen (secondary N) is 2.